The van der Waals surface area contributed by atoms with Crippen LogP contribution in [0.5, 0.6) is 5.75 Å². The predicted octanol–water partition coefficient (Wildman–Crippen LogP) is 2.74. The lowest BCUT2D eigenvalue weighted by Crippen LogP contribution is -2.30. The average molecular weight is 344 g/mol. The van der Waals surface area contributed by atoms with Crippen molar-refractivity contribution >= 4 is 11.7 Å². The zero-order valence-electron chi connectivity index (χ0n) is 15.1. The molecule has 0 aromatic heterocycles. The van der Waals surface area contributed by atoms with E-state index in [-0.39, 0.29) is 18.2 Å². The van der Waals surface area contributed by atoms with Gasteiger partial charge in [0.25, 0.3) is 0 Å². The summed E-state index contributed by atoms with van der Waals surface area (Å²) in [5.74, 6) is 0.869. The van der Waals surface area contributed by atoms with E-state index in [0.717, 1.165) is 25.1 Å². The van der Waals surface area contributed by atoms with Gasteiger partial charge in [-0.15, -0.1) is 0 Å². The van der Waals surface area contributed by atoms with E-state index in [4.69, 9.17) is 4.74 Å². The van der Waals surface area contributed by atoms with Gasteiger partial charge in [-0.25, -0.2) is 0 Å². The zero-order valence-corrected chi connectivity index (χ0v) is 15.1. The van der Waals surface area contributed by atoms with Crippen molar-refractivity contribution in [3.8, 4) is 5.75 Å². The molecule has 0 saturated carbocycles. The van der Waals surface area contributed by atoms with Gasteiger partial charge in [0, 0.05) is 31.1 Å². The molecular weight excluding hydrogens is 316 g/mol. The summed E-state index contributed by atoms with van der Waals surface area (Å²) in [4.78, 5) is 28.0. The van der Waals surface area contributed by atoms with Gasteiger partial charge in [-0.2, -0.15) is 0 Å². The third kappa shape index (κ3) is 4.82. The number of ketones is 1. The first kappa shape index (κ1) is 17.9. The number of carbonyl (C=O) groups excluding carboxylic acids is 2. The highest BCUT2D eigenvalue weighted by Crippen LogP contribution is 2.17. The number of likely N-dealkylation sites (tertiary alicyclic amines) is 2. The Morgan fingerprint density at radius 2 is 2.00 bits per heavy atom. The molecule has 136 valence electrons. The summed E-state index contributed by atoms with van der Waals surface area (Å²) in [6, 6.07) is 7.98. The molecule has 0 unspecified atom stereocenters. The maximum Gasteiger partial charge on any atom is 0.223 e. The third-order valence-electron chi connectivity index (χ3n) is 5.23. The summed E-state index contributed by atoms with van der Waals surface area (Å²) in [6.07, 6.45) is 5.05. The maximum atomic E-state index is 12.3. The van der Waals surface area contributed by atoms with E-state index in [9.17, 15) is 9.59 Å². The Morgan fingerprint density at radius 1 is 1.20 bits per heavy atom. The first-order valence-electron chi connectivity index (χ1n) is 9.41. The molecule has 1 aromatic rings. The number of Topliss-reactive ketones (excluding diaryl/α,β-unsaturated/α-hetero) is 1. The fourth-order valence-corrected chi connectivity index (χ4v) is 3.66. The monoisotopic (exact) mass is 344 g/mol. The summed E-state index contributed by atoms with van der Waals surface area (Å²) in [6.45, 7) is 6.16. The van der Waals surface area contributed by atoms with E-state index in [2.05, 4.69) is 11.8 Å². The molecule has 0 aliphatic carbocycles. The fraction of sp³-hybridized carbons (Fsp3) is 0.600. The van der Waals surface area contributed by atoms with Gasteiger partial charge in [0.2, 0.25) is 5.91 Å². The Labute approximate surface area is 149 Å². The first-order chi connectivity index (χ1) is 12.1. The topological polar surface area (TPSA) is 49.9 Å². The van der Waals surface area contributed by atoms with Crippen molar-refractivity contribution in [1.29, 1.82) is 0 Å². The minimum Gasteiger partial charge on any atom is -0.494 e. The van der Waals surface area contributed by atoms with Gasteiger partial charge < -0.3 is 14.5 Å². The van der Waals surface area contributed by atoms with Gasteiger partial charge in [0.1, 0.15) is 5.75 Å². The molecule has 25 heavy (non-hydrogen) atoms. The van der Waals surface area contributed by atoms with Crippen molar-refractivity contribution in [2.75, 3.05) is 32.8 Å². The summed E-state index contributed by atoms with van der Waals surface area (Å²) in [7, 11) is 0. The normalized spacial score (nSPS) is 21.1. The summed E-state index contributed by atoms with van der Waals surface area (Å²) in [5.41, 5.74) is 0.637. The van der Waals surface area contributed by atoms with Crippen molar-refractivity contribution in [3.63, 3.8) is 0 Å². The molecule has 5 nitrogen and oxygen atoms in total. The second-order valence-corrected chi connectivity index (χ2v) is 7.10. The van der Waals surface area contributed by atoms with Crippen molar-refractivity contribution in [2.45, 2.75) is 45.1 Å². The molecule has 0 N–H and O–H groups in total. The number of nitrogens with zero attached hydrogens (tertiary/aromatic N) is 2. The molecule has 5 heteroatoms. The minimum atomic E-state index is -0.00942. The number of benzene rings is 1. The van der Waals surface area contributed by atoms with Gasteiger partial charge in [0.15, 0.2) is 5.78 Å². The van der Waals surface area contributed by atoms with Crippen molar-refractivity contribution in [3.05, 3.63) is 29.8 Å². The van der Waals surface area contributed by atoms with Gasteiger partial charge >= 0.3 is 0 Å². The molecule has 0 spiro atoms. The van der Waals surface area contributed by atoms with Crippen LogP contribution < -0.4 is 4.74 Å². The molecule has 2 fully saturated rings. The van der Waals surface area contributed by atoms with Gasteiger partial charge in [0.05, 0.1) is 13.2 Å². The summed E-state index contributed by atoms with van der Waals surface area (Å²) in [5, 5.41) is 0. The van der Waals surface area contributed by atoms with Gasteiger partial charge in [-0.1, -0.05) is 0 Å². The van der Waals surface area contributed by atoms with Gasteiger partial charge in [-0.3, -0.25) is 9.59 Å². The zero-order chi connectivity index (χ0) is 17.6. The van der Waals surface area contributed by atoms with E-state index < -0.39 is 0 Å². The molecule has 1 aromatic carbocycles. The number of rotatable bonds is 8. The average Bonchev–Trinajstić information content (AvgIpc) is 3.21. The molecule has 3 rings (SSSR count). The number of hydrogen-bond donors (Lipinski definition) is 0. The van der Waals surface area contributed by atoms with Crippen molar-refractivity contribution < 1.29 is 14.3 Å². The summed E-state index contributed by atoms with van der Waals surface area (Å²) >= 11 is 0. The molecule has 1 amide bonds. The molecular formula is C20H28N2O3. The smallest absolute Gasteiger partial charge is 0.223 e. The van der Waals surface area contributed by atoms with Crippen LogP contribution in [0.1, 0.15) is 49.4 Å². The van der Waals surface area contributed by atoms with Crippen LogP contribution >= 0.6 is 0 Å². The second-order valence-electron chi connectivity index (χ2n) is 7.10. The Bertz CT molecular complexity index is 599. The Balaban J connectivity index is 1.40. The van der Waals surface area contributed by atoms with E-state index in [1.165, 1.54) is 19.4 Å². The van der Waals surface area contributed by atoms with E-state index >= 15 is 0 Å². The maximum absolute atomic E-state index is 12.3. The van der Waals surface area contributed by atoms with E-state index in [1.54, 1.807) is 17.0 Å². The lowest BCUT2D eigenvalue weighted by molar-refractivity contribution is -0.127. The van der Waals surface area contributed by atoms with Crippen LogP contribution in [-0.4, -0.2) is 60.3 Å². The SMILES string of the molecule is C[C@@H]1CCCN1CCCOc1ccc(C(=O)CN2CCCC2=O)cc1. The highest BCUT2D eigenvalue weighted by atomic mass is 16.5. The molecule has 2 aliphatic rings. The molecule has 1 atom stereocenters. The Morgan fingerprint density at radius 3 is 2.64 bits per heavy atom. The molecule has 2 saturated heterocycles. The van der Waals surface area contributed by atoms with E-state index in [1.807, 2.05) is 12.1 Å². The first-order valence-corrected chi connectivity index (χ1v) is 9.41. The highest BCUT2D eigenvalue weighted by Gasteiger charge is 2.23. The lowest BCUT2D eigenvalue weighted by Gasteiger charge is -2.20. The third-order valence-corrected chi connectivity index (χ3v) is 5.23. The van der Waals surface area contributed by atoms with Crippen LogP contribution in [0.3, 0.4) is 0 Å². The quantitative estimate of drug-likeness (QED) is 0.537. The van der Waals surface area contributed by atoms with Crippen LogP contribution in [0, 0.1) is 0 Å². The van der Waals surface area contributed by atoms with Crippen molar-refractivity contribution in [1.82, 2.24) is 9.80 Å². The lowest BCUT2D eigenvalue weighted by atomic mass is 10.1. The second kappa shape index (κ2) is 8.48. The molecule has 0 bridgehead atoms. The number of ether oxygens (including phenoxy) is 1. The van der Waals surface area contributed by atoms with Gasteiger partial charge in [-0.05, 0) is 63.4 Å². The van der Waals surface area contributed by atoms with Crippen LogP contribution in [0.2, 0.25) is 0 Å². The van der Waals surface area contributed by atoms with E-state index in [0.29, 0.717) is 31.2 Å². The minimum absolute atomic E-state index is 0.00942. The Kier molecular flexibility index (Phi) is 6.08. The number of carbonyl (C=O) groups is 2. The molecule has 2 aliphatic heterocycles. The van der Waals surface area contributed by atoms with Crippen molar-refractivity contribution in [2.24, 2.45) is 0 Å². The summed E-state index contributed by atoms with van der Waals surface area (Å²) < 4.78 is 5.78. The molecule has 2 heterocycles. The highest BCUT2D eigenvalue weighted by molar-refractivity contribution is 5.99. The number of hydrogen-bond acceptors (Lipinski definition) is 4. The van der Waals surface area contributed by atoms with Crippen LogP contribution in [0.4, 0.5) is 0 Å². The van der Waals surface area contributed by atoms with Crippen LogP contribution in [0.15, 0.2) is 24.3 Å². The number of amides is 1. The molecule has 0 radical (unpaired) electrons. The fourth-order valence-electron chi connectivity index (χ4n) is 3.66. The standard InChI is InChI=1S/C20H28N2O3/c1-16-5-2-11-21(16)13-4-14-25-18-9-7-17(8-10-18)19(23)15-22-12-3-6-20(22)24/h7-10,16H,2-6,11-15H2,1H3/t16-/m1/s1. The largest absolute Gasteiger partial charge is 0.494 e. The van der Waals surface area contributed by atoms with Crippen LogP contribution in [0.25, 0.3) is 0 Å². The van der Waals surface area contributed by atoms with Crippen LogP contribution in [-0.2, 0) is 4.79 Å². The Hall–Kier alpha value is -1.88. The predicted molar refractivity (Wildman–Crippen MR) is 97.0 cm³/mol.